The lowest BCUT2D eigenvalue weighted by Crippen LogP contribution is -2.53. The summed E-state index contributed by atoms with van der Waals surface area (Å²) in [4.78, 5) is 12.7. The lowest BCUT2D eigenvalue weighted by Gasteiger charge is -2.40. The van der Waals surface area contributed by atoms with E-state index in [1.54, 1.807) is 5.01 Å². The molecule has 146 valence electrons. The lowest BCUT2D eigenvalue weighted by molar-refractivity contribution is 0.0559. The minimum absolute atomic E-state index is 0.00649. The van der Waals surface area contributed by atoms with Gasteiger partial charge in [-0.05, 0) is 42.6 Å². The Morgan fingerprint density at radius 2 is 2.07 bits per heavy atom. The third kappa shape index (κ3) is 2.47. The van der Waals surface area contributed by atoms with Gasteiger partial charge >= 0.3 is 6.09 Å². The number of hydrogen-bond donors (Lipinski definition) is 1. The van der Waals surface area contributed by atoms with Crippen LogP contribution in [0.2, 0.25) is 0 Å². The van der Waals surface area contributed by atoms with Crippen LogP contribution in [0.15, 0.2) is 35.4 Å². The van der Waals surface area contributed by atoms with Crippen molar-refractivity contribution in [1.82, 2.24) is 5.01 Å². The zero-order chi connectivity index (χ0) is 19.4. The Morgan fingerprint density at radius 1 is 1.37 bits per heavy atom. The molecule has 1 amide bonds. The lowest BCUT2D eigenvalue weighted by atomic mass is 9.75. The number of amides is 1. The largest absolute Gasteiger partial charge is 0.442 e. The summed E-state index contributed by atoms with van der Waals surface area (Å²) in [6.45, 7) is 8.51. The van der Waals surface area contributed by atoms with E-state index in [9.17, 15) is 9.90 Å². The number of carbonyl (C=O) groups is 1. The van der Waals surface area contributed by atoms with Crippen LogP contribution in [0.4, 0.5) is 4.79 Å². The van der Waals surface area contributed by atoms with Crippen LogP contribution in [0.3, 0.4) is 0 Å². The van der Waals surface area contributed by atoms with Crippen molar-refractivity contribution in [3.63, 3.8) is 0 Å². The van der Waals surface area contributed by atoms with Crippen molar-refractivity contribution < 1.29 is 14.6 Å². The third-order valence-corrected chi connectivity index (χ3v) is 7.57. The molecule has 0 radical (unpaired) electrons. The van der Waals surface area contributed by atoms with Crippen molar-refractivity contribution in [3.05, 3.63) is 35.9 Å². The van der Waals surface area contributed by atoms with Crippen molar-refractivity contribution in [1.29, 1.82) is 0 Å². The summed E-state index contributed by atoms with van der Waals surface area (Å²) in [6.07, 6.45) is 2.64. The average molecular weight is 370 g/mol. The molecule has 1 heterocycles. The van der Waals surface area contributed by atoms with Gasteiger partial charge < -0.3 is 9.84 Å². The van der Waals surface area contributed by atoms with Gasteiger partial charge in [-0.2, -0.15) is 10.1 Å². The monoisotopic (exact) mass is 370 g/mol. The van der Waals surface area contributed by atoms with Crippen LogP contribution in [0, 0.1) is 17.3 Å². The zero-order valence-electron chi connectivity index (χ0n) is 16.7. The van der Waals surface area contributed by atoms with E-state index in [0.717, 1.165) is 30.5 Å². The highest BCUT2D eigenvalue weighted by molar-refractivity contribution is 5.88. The first-order valence-corrected chi connectivity index (χ1v) is 10.1. The highest BCUT2D eigenvalue weighted by Gasteiger charge is 2.73. The molecule has 1 aromatic rings. The molecule has 4 rings (SSSR count). The number of ether oxygens (including phenoxy) is 1. The first-order chi connectivity index (χ1) is 12.8. The van der Waals surface area contributed by atoms with Crippen LogP contribution in [0.1, 0.15) is 65.0 Å². The summed E-state index contributed by atoms with van der Waals surface area (Å²) in [6, 6.07) is 9.64. The van der Waals surface area contributed by atoms with Crippen molar-refractivity contribution >= 4 is 11.8 Å². The first kappa shape index (κ1) is 18.5. The summed E-state index contributed by atoms with van der Waals surface area (Å²) in [5.74, 6) is 0.396. The van der Waals surface area contributed by atoms with E-state index in [1.165, 1.54) is 0 Å². The van der Waals surface area contributed by atoms with Gasteiger partial charge in [-0.15, -0.1) is 0 Å². The van der Waals surface area contributed by atoms with E-state index in [1.807, 2.05) is 44.2 Å². The molecule has 3 aliphatic rings. The molecule has 5 heteroatoms. The maximum absolute atomic E-state index is 12.7. The van der Waals surface area contributed by atoms with Gasteiger partial charge in [0, 0.05) is 11.6 Å². The molecular weight excluding hydrogens is 340 g/mol. The SMILES string of the molecule is CC/C(=N\N1C(=O)OC2CC3CCC21C3(C)C)[C@H](C)[C@@H](O)c1ccccc1. The molecule has 1 spiro atoms. The maximum atomic E-state index is 12.7. The fourth-order valence-electron chi connectivity index (χ4n) is 5.73. The van der Waals surface area contributed by atoms with E-state index in [4.69, 9.17) is 9.84 Å². The number of aliphatic hydroxyl groups is 1. The van der Waals surface area contributed by atoms with Gasteiger partial charge in [0.15, 0.2) is 0 Å². The quantitative estimate of drug-likeness (QED) is 0.775. The van der Waals surface area contributed by atoms with Crippen molar-refractivity contribution in [2.45, 2.75) is 71.1 Å². The number of nitrogens with zero attached hydrogens (tertiary/aromatic N) is 2. The van der Waals surface area contributed by atoms with Gasteiger partial charge in [-0.3, -0.25) is 0 Å². The van der Waals surface area contributed by atoms with Gasteiger partial charge in [0.2, 0.25) is 0 Å². The topological polar surface area (TPSA) is 62.1 Å². The molecule has 3 unspecified atom stereocenters. The molecule has 1 aliphatic heterocycles. The molecular formula is C22H30N2O3. The van der Waals surface area contributed by atoms with Crippen LogP contribution in [-0.4, -0.2) is 33.6 Å². The molecule has 3 fully saturated rings. The third-order valence-electron chi connectivity index (χ3n) is 7.57. The van der Waals surface area contributed by atoms with Gasteiger partial charge in [-0.1, -0.05) is 58.0 Å². The first-order valence-electron chi connectivity index (χ1n) is 10.1. The van der Waals surface area contributed by atoms with Gasteiger partial charge in [0.1, 0.15) is 11.6 Å². The summed E-state index contributed by atoms with van der Waals surface area (Å²) in [7, 11) is 0. The predicted molar refractivity (Wildman–Crippen MR) is 104 cm³/mol. The molecule has 2 aliphatic carbocycles. The normalized spacial score (nSPS) is 33.7. The molecule has 0 aromatic heterocycles. The van der Waals surface area contributed by atoms with E-state index < -0.39 is 6.10 Å². The Balaban J connectivity index is 1.67. The molecule has 5 atom stereocenters. The van der Waals surface area contributed by atoms with Crippen molar-refractivity contribution in [3.8, 4) is 0 Å². The predicted octanol–water partition coefficient (Wildman–Crippen LogP) is 4.52. The molecule has 5 nitrogen and oxygen atoms in total. The number of aliphatic hydroxyl groups excluding tert-OH is 1. The Bertz CT molecular complexity index is 760. The van der Waals surface area contributed by atoms with Gasteiger partial charge in [0.25, 0.3) is 0 Å². The number of hydrogen-bond acceptors (Lipinski definition) is 4. The Morgan fingerprint density at radius 3 is 2.70 bits per heavy atom. The highest BCUT2D eigenvalue weighted by Crippen LogP contribution is 2.66. The summed E-state index contributed by atoms with van der Waals surface area (Å²) >= 11 is 0. The standard InChI is InChI=1S/C22H30N2O3/c1-5-17(14(2)19(25)15-9-7-6-8-10-15)23-24-20(26)27-18-13-16-11-12-22(18,24)21(16,3)4/h6-10,14,16,18-19,25H,5,11-13H2,1-4H3/b23-17+/t14-,16?,18?,19+,22?/m0/s1. The van der Waals surface area contributed by atoms with Crippen molar-refractivity contribution in [2.75, 3.05) is 0 Å². The second-order valence-corrected chi connectivity index (χ2v) is 8.89. The average Bonchev–Trinajstić information content (AvgIpc) is 3.18. The summed E-state index contributed by atoms with van der Waals surface area (Å²) < 4.78 is 5.75. The minimum atomic E-state index is -0.648. The Kier molecular flexibility index (Phi) is 4.34. The second-order valence-electron chi connectivity index (χ2n) is 8.89. The smallest absolute Gasteiger partial charge is 0.431 e. The van der Waals surface area contributed by atoms with E-state index in [2.05, 4.69) is 13.8 Å². The molecule has 27 heavy (non-hydrogen) atoms. The Labute approximate surface area is 161 Å². The van der Waals surface area contributed by atoms with E-state index >= 15 is 0 Å². The van der Waals surface area contributed by atoms with Crippen LogP contribution < -0.4 is 0 Å². The maximum Gasteiger partial charge on any atom is 0.431 e. The molecule has 1 saturated heterocycles. The van der Waals surface area contributed by atoms with Crippen LogP contribution in [0.25, 0.3) is 0 Å². The van der Waals surface area contributed by atoms with E-state index in [-0.39, 0.29) is 29.1 Å². The fraction of sp³-hybridized carbons (Fsp3) is 0.636. The zero-order valence-corrected chi connectivity index (χ0v) is 16.7. The Hall–Kier alpha value is -1.88. The highest BCUT2D eigenvalue weighted by atomic mass is 16.6. The number of fused-ring (bicyclic) bond motifs is 1. The molecule has 1 aromatic carbocycles. The minimum Gasteiger partial charge on any atom is -0.442 e. The fourth-order valence-corrected chi connectivity index (χ4v) is 5.73. The molecule has 2 bridgehead atoms. The van der Waals surface area contributed by atoms with Gasteiger partial charge in [0.05, 0.1) is 6.10 Å². The summed E-state index contributed by atoms with van der Waals surface area (Å²) in [5.41, 5.74) is 1.36. The van der Waals surface area contributed by atoms with Crippen LogP contribution >= 0.6 is 0 Å². The number of benzene rings is 1. The number of hydrazone groups is 1. The molecule has 1 N–H and O–H groups in total. The number of rotatable bonds is 5. The van der Waals surface area contributed by atoms with Crippen LogP contribution in [0.5, 0.6) is 0 Å². The van der Waals surface area contributed by atoms with E-state index in [0.29, 0.717) is 12.3 Å². The van der Waals surface area contributed by atoms with Gasteiger partial charge in [-0.25, -0.2) is 4.79 Å². The number of carbonyl (C=O) groups excluding carboxylic acids is 1. The summed E-state index contributed by atoms with van der Waals surface area (Å²) in [5, 5.41) is 17.3. The second kappa shape index (κ2) is 6.33. The molecule has 2 saturated carbocycles. The van der Waals surface area contributed by atoms with Crippen molar-refractivity contribution in [2.24, 2.45) is 22.4 Å². The van der Waals surface area contributed by atoms with Crippen LogP contribution in [-0.2, 0) is 4.74 Å².